The summed E-state index contributed by atoms with van der Waals surface area (Å²) in [6, 6.07) is 6.49. The molecule has 5 nitrogen and oxygen atoms in total. The molecule has 1 aliphatic carbocycles. The number of β-amino-alcohol motifs (C(OH)–C–C–N with tert-alkyl or cyclic N) is 1. The minimum absolute atomic E-state index is 0.0433. The summed E-state index contributed by atoms with van der Waals surface area (Å²) >= 11 is 0. The third-order valence-electron chi connectivity index (χ3n) is 5.25. The van der Waals surface area contributed by atoms with Crippen molar-refractivity contribution in [1.29, 1.82) is 0 Å². The maximum atomic E-state index is 12.8. The fourth-order valence-corrected chi connectivity index (χ4v) is 5.11. The van der Waals surface area contributed by atoms with Gasteiger partial charge >= 0.3 is 0 Å². The number of nitrogens with zero attached hydrogens (tertiary/aromatic N) is 1. The van der Waals surface area contributed by atoms with Crippen molar-refractivity contribution in [2.75, 3.05) is 20.2 Å². The van der Waals surface area contributed by atoms with Gasteiger partial charge in [0.05, 0.1) is 17.6 Å². The molecule has 1 aromatic carbocycles. The first-order valence-corrected chi connectivity index (χ1v) is 9.18. The topological polar surface area (TPSA) is 66.8 Å². The van der Waals surface area contributed by atoms with Crippen molar-refractivity contribution >= 4 is 10.0 Å². The third kappa shape index (κ3) is 2.43. The smallest absolute Gasteiger partial charge is 0.243 e. The first kappa shape index (κ1) is 15.8. The zero-order chi connectivity index (χ0) is 16.0. The molecule has 2 atom stereocenters. The van der Waals surface area contributed by atoms with Crippen LogP contribution in [0.2, 0.25) is 0 Å². The average molecular weight is 325 g/mol. The Balaban J connectivity index is 1.87. The van der Waals surface area contributed by atoms with Crippen LogP contribution in [0.25, 0.3) is 0 Å². The molecule has 1 saturated heterocycles. The van der Waals surface area contributed by atoms with E-state index < -0.39 is 15.6 Å². The summed E-state index contributed by atoms with van der Waals surface area (Å²) in [7, 11) is -2.09. The van der Waals surface area contributed by atoms with E-state index in [-0.39, 0.29) is 23.3 Å². The molecule has 2 aliphatic rings. The standard InChI is InChI=1S/C16H23NO4S/c1-12-10-17(11-16(12,18)13-5-3-6-13)22(19,20)15-8-4-7-14(9-15)21-2/h4,7-9,12-13,18H,3,5-6,10-11H2,1-2H3/t12-,16+/m1/s1. The van der Waals surface area contributed by atoms with Gasteiger partial charge in [-0.3, -0.25) is 0 Å². The molecule has 0 spiro atoms. The largest absolute Gasteiger partial charge is 0.497 e. The summed E-state index contributed by atoms with van der Waals surface area (Å²) in [5.41, 5.74) is -0.885. The van der Waals surface area contributed by atoms with E-state index in [1.165, 1.54) is 17.5 Å². The lowest BCUT2D eigenvalue weighted by Gasteiger charge is -2.41. The number of methoxy groups -OCH3 is 1. The quantitative estimate of drug-likeness (QED) is 0.918. The van der Waals surface area contributed by atoms with Crippen molar-refractivity contribution in [2.45, 2.75) is 36.7 Å². The molecule has 0 amide bonds. The number of hydrogen-bond acceptors (Lipinski definition) is 4. The van der Waals surface area contributed by atoms with Crippen molar-refractivity contribution in [3.05, 3.63) is 24.3 Å². The highest BCUT2D eigenvalue weighted by Crippen LogP contribution is 2.45. The van der Waals surface area contributed by atoms with Crippen molar-refractivity contribution < 1.29 is 18.3 Å². The van der Waals surface area contributed by atoms with Crippen LogP contribution < -0.4 is 4.74 Å². The van der Waals surface area contributed by atoms with Gasteiger partial charge in [0.15, 0.2) is 0 Å². The Bertz CT molecular complexity index is 656. The van der Waals surface area contributed by atoms with Crippen LogP contribution in [0.5, 0.6) is 5.75 Å². The van der Waals surface area contributed by atoms with E-state index in [9.17, 15) is 13.5 Å². The highest BCUT2D eigenvalue weighted by Gasteiger charge is 2.52. The first-order chi connectivity index (χ1) is 10.4. The molecular weight excluding hydrogens is 302 g/mol. The summed E-state index contributed by atoms with van der Waals surface area (Å²) in [6.45, 7) is 2.50. The highest BCUT2D eigenvalue weighted by molar-refractivity contribution is 7.89. The Hall–Kier alpha value is -1.11. The molecular formula is C16H23NO4S. The summed E-state index contributed by atoms with van der Waals surface area (Å²) in [6.07, 6.45) is 3.12. The summed E-state index contributed by atoms with van der Waals surface area (Å²) in [4.78, 5) is 0.219. The summed E-state index contributed by atoms with van der Waals surface area (Å²) in [5, 5.41) is 10.9. The normalized spacial score (nSPS) is 30.2. The van der Waals surface area contributed by atoms with Gasteiger partial charge < -0.3 is 9.84 Å². The SMILES string of the molecule is COc1cccc(S(=O)(=O)N2C[C@@H](C)[C@](O)(C3CCC3)C2)c1. The Morgan fingerprint density at radius 3 is 2.68 bits per heavy atom. The zero-order valence-corrected chi connectivity index (χ0v) is 13.8. The third-order valence-corrected chi connectivity index (χ3v) is 7.06. The lowest BCUT2D eigenvalue weighted by Crippen LogP contribution is -2.48. The number of ether oxygens (including phenoxy) is 1. The van der Waals surface area contributed by atoms with Gasteiger partial charge in [-0.2, -0.15) is 4.31 Å². The number of rotatable bonds is 4. The Labute approximate surface area is 131 Å². The second-order valence-corrected chi connectivity index (χ2v) is 8.43. The zero-order valence-electron chi connectivity index (χ0n) is 13.0. The van der Waals surface area contributed by atoms with Crippen LogP contribution >= 0.6 is 0 Å². The van der Waals surface area contributed by atoms with E-state index in [0.717, 1.165) is 19.3 Å². The number of aliphatic hydroxyl groups is 1. The molecule has 0 bridgehead atoms. The summed E-state index contributed by atoms with van der Waals surface area (Å²) in [5.74, 6) is 0.703. The molecule has 2 fully saturated rings. The Kier molecular flexibility index (Phi) is 3.95. The van der Waals surface area contributed by atoms with E-state index >= 15 is 0 Å². The van der Waals surface area contributed by atoms with Crippen LogP contribution in [0.4, 0.5) is 0 Å². The van der Waals surface area contributed by atoms with E-state index in [1.54, 1.807) is 18.2 Å². The van der Waals surface area contributed by atoms with E-state index in [2.05, 4.69) is 0 Å². The van der Waals surface area contributed by atoms with Crippen molar-refractivity contribution in [1.82, 2.24) is 4.31 Å². The fraction of sp³-hybridized carbons (Fsp3) is 0.625. The lowest BCUT2D eigenvalue weighted by molar-refractivity contribution is -0.0646. The molecule has 1 aromatic rings. The van der Waals surface area contributed by atoms with Gasteiger partial charge in [0, 0.05) is 25.1 Å². The first-order valence-electron chi connectivity index (χ1n) is 7.74. The van der Waals surface area contributed by atoms with Crippen LogP contribution in [0, 0.1) is 11.8 Å². The van der Waals surface area contributed by atoms with Gasteiger partial charge in [-0.05, 0) is 30.9 Å². The Morgan fingerprint density at radius 1 is 1.36 bits per heavy atom. The van der Waals surface area contributed by atoms with Gasteiger partial charge in [0.25, 0.3) is 0 Å². The maximum Gasteiger partial charge on any atom is 0.243 e. The van der Waals surface area contributed by atoms with Crippen LogP contribution in [-0.4, -0.2) is 43.6 Å². The van der Waals surface area contributed by atoms with E-state index in [1.807, 2.05) is 6.92 Å². The fourth-order valence-electron chi connectivity index (χ4n) is 3.50. The molecule has 22 heavy (non-hydrogen) atoms. The van der Waals surface area contributed by atoms with E-state index in [0.29, 0.717) is 12.3 Å². The number of hydrogen-bond donors (Lipinski definition) is 1. The van der Waals surface area contributed by atoms with Crippen LogP contribution in [0.3, 0.4) is 0 Å². The number of sulfonamides is 1. The molecule has 1 saturated carbocycles. The highest BCUT2D eigenvalue weighted by atomic mass is 32.2. The predicted molar refractivity (Wildman–Crippen MR) is 83.2 cm³/mol. The molecule has 6 heteroatoms. The summed E-state index contributed by atoms with van der Waals surface area (Å²) < 4.78 is 32.2. The second-order valence-electron chi connectivity index (χ2n) is 6.50. The second kappa shape index (κ2) is 5.51. The van der Waals surface area contributed by atoms with Crippen LogP contribution in [0.15, 0.2) is 29.2 Å². The molecule has 0 aromatic heterocycles. The molecule has 1 aliphatic heterocycles. The Morgan fingerprint density at radius 2 is 2.09 bits per heavy atom. The van der Waals surface area contributed by atoms with Gasteiger partial charge in [0.2, 0.25) is 10.0 Å². The minimum atomic E-state index is -3.60. The molecule has 0 unspecified atom stereocenters. The van der Waals surface area contributed by atoms with Crippen LogP contribution in [-0.2, 0) is 10.0 Å². The monoisotopic (exact) mass is 325 g/mol. The number of benzene rings is 1. The van der Waals surface area contributed by atoms with E-state index in [4.69, 9.17) is 4.74 Å². The van der Waals surface area contributed by atoms with Crippen LogP contribution in [0.1, 0.15) is 26.2 Å². The maximum absolute atomic E-state index is 12.8. The van der Waals surface area contributed by atoms with Crippen molar-refractivity contribution in [3.63, 3.8) is 0 Å². The van der Waals surface area contributed by atoms with Crippen molar-refractivity contribution in [2.24, 2.45) is 11.8 Å². The predicted octanol–water partition coefficient (Wildman–Crippen LogP) is 1.87. The minimum Gasteiger partial charge on any atom is -0.497 e. The molecule has 1 heterocycles. The lowest BCUT2D eigenvalue weighted by atomic mass is 9.69. The van der Waals surface area contributed by atoms with Gasteiger partial charge in [-0.15, -0.1) is 0 Å². The molecule has 0 radical (unpaired) electrons. The molecule has 122 valence electrons. The molecule has 3 rings (SSSR count). The van der Waals surface area contributed by atoms with Gasteiger partial charge in [0.1, 0.15) is 5.75 Å². The van der Waals surface area contributed by atoms with Crippen molar-refractivity contribution in [3.8, 4) is 5.75 Å². The van der Waals surface area contributed by atoms with Gasteiger partial charge in [-0.1, -0.05) is 19.4 Å². The average Bonchev–Trinajstić information content (AvgIpc) is 2.74. The van der Waals surface area contributed by atoms with Gasteiger partial charge in [-0.25, -0.2) is 8.42 Å². The molecule has 1 N–H and O–H groups in total.